The van der Waals surface area contributed by atoms with E-state index in [0.717, 1.165) is 21.3 Å². The second-order valence-electron chi connectivity index (χ2n) is 7.38. The molecule has 1 N–H and O–H groups in total. The summed E-state index contributed by atoms with van der Waals surface area (Å²) in [6, 6.07) is 13.5. The molecule has 1 heterocycles. The summed E-state index contributed by atoms with van der Waals surface area (Å²) in [7, 11) is 0. The summed E-state index contributed by atoms with van der Waals surface area (Å²) in [5.41, 5.74) is 1.81. The van der Waals surface area contributed by atoms with Gasteiger partial charge >= 0.3 is 0 Å². The maximum atomic E-state index is 12.7. The highest BCUT2D eigenvalue weighted by Crippen LogP contribution is 2.39. The second kappa shape index (κ2) is 7.31. The smallest absolute Gasteiger partial charge is 0.261 e. The second-order valence-corrected chi connectivity index (χ2v) is 8.30. The summed E-state index contributed by atoms with van der Waals surface area (Å²) in [5.74, 6) is 1.37. The standard InChI is InChI=1S/C21H24BrNO3/c1-13-5-10-17-18(12-21(3,4)26-19(17)11-13)23-20(24)14(2)25-16-8-6-15(22)7-9-16/h5-11,14,18H,12H2,1-4H3,(H,23,24). The molecular formula is C21H24BrNO3. The number of nitrogens with one attached hydrogen (secondary N) is 1. The van der Waals surface area contributed by atoms with Crippen molar-refractivity contribution in [2.24, 2.45) is 0 Å². The van der Waals surface area contributed by atoms with Crippen LogP contribution in [0.2, 0.25) is 0 Å². The first kappa shape index (κ1) is 18.8. The van der Waals surface area contributed by atoms with Crippen LogP contribution in [0, 0.1) is 6.92 Å². The minimum absolute atomic E-state index is 0.0992. The highest BCUT2D eigenvalue weighted by molar-refractivity contribution is 9.10. The topological polar surface area (TPSA) is 47.6 Å². The molecule has 0 saturated heterocycles. The molecule has 138 valence electrons. The highest BCUT2D eigenvalue weighted by atomic mass is 79.9. The van der Waals surface area contributed by atoms with Crippen molar-refractivity contribution >= 4 is 21.8 Å². The Balaban J connectivity index is 1.73. The fourth-order valence-electron chi connectivity index (χ4n) is 3.15. The fraction of sp³-hybridized carbons (Fsp3) is 0.381. The molecule has 0 radical (unpaired) electrons. The first-order chi connectivity index (χ1) is 12.2. The summed E-state index contributed by atoms with van der Waals surface area (Å²) in [6.07, 6.45) is 0.121. The molecule has 2 atom stereocenters. The number of hydrogen-bond donors (Lipinski definition) is 1. The van der Waals surface area contributed by atoms with Gasteiger partial charge in [-0.05, 0) is 63.6 Å². The van der Waals surface area contributed by atoms with E-state index in [0.29, 0.717) is 12.2 Å². The Labute approximate surface area is 163 Å². The van der Waals surface area contributed by atoms with Crippen molar-refractivity contribution < 1.29 is 14.3 Å². The first-order valence-corrected chi connectivity index (χ1v) is 9.55. The molecule has 0 aliphatic carbocycles. The molecular weight excluding hydrogens is 394 g/mol. The Kier molecular flexibility index (Phi) is 5.28. The predicted octanol–water partition coefficient (Wildman–Crippen LogP) is 4.94. The molecule has 0 fully saturated rings. The summed E-state index contributed by atoms with van der Waals surface area (Å²) < 4.78 is 12.8. The lowest BCUT2D eigenvalue weighted by atomic mass is 9.89. The number of aryl methyl sites for hydroxylation is 1. The zero-order chi connectivity index (χ0) is 18.9. The van der Waals surface area contributed by atoms with E-state index >= 15 is 0 Å². The molecule has 5 heteroatoms. The zero-order valence-corrected chi connectivity index (χ0v) is 17.1. The maximum absolute atomic E-state index is 12.7. The Bertz CT molecular complexity index is 801. The first-order valence-electron chi connectivity index (χ1n) is 8.76. The number of benzene rings is 2. The number of halogens is 1. The van der Waals surface area contributed by atoms with E-state index in [1.807, 2.05) is 63.2 Å². The molecule has 3 rings (SSSR count). The van der Waals surface area contributed by atoms with Gasteiger partial charge in [0.1, 0.15) is 17.1 Å². The number of amides is 1. The predicted molar refractivity (Wildman–Crippen MR) is 106 cm³/mol. The van der Waals surface area contributed by atoms with Gasteiger partial charge in [0.2, 0.25) is 0 Å². The third-order valence-electron chi connectivity index (χ3n) is 4.44. The molecule has 1 amide bonds. The van der Waals surface area contributed by atoms with Gasteiger partial charge < -0.3 is 14.8 Å². The summed E-state index contributed by atoms with van der Waals surface area (Å²) in [5, 5.41) is 3.13. The monoisotopic (exact) mass is 417 g/mol. The zero-order valence-electron chi connectivity index (χ0n) is 15.5. The van der Waals surface area contributed by atoms with E-state index in [-0.39, 0.29) is 17.6 Å². The molecule has 4 nitrogen and oxygen atoms in total. The van der Waals surface area contributed by atoms with Gasteiger partial charge in [0.15, 0.2) is 6.10 Å². The molecule has 0 bridgehead atoms. The average Bonchev–Trinajstić information content (AvgIpc) is 2.55. The Morgan fingerprint density at radius 1 is 1.27 bits per heavy atom. The number of fused-ring (bicyclic) bond motifs is 1. The SMILES string of the molecule is Cc1ccc2c(c1)OC(C)(C)CC2NC(=O)C(C)Oc1ccc(Br)cc1. The van der Waals surface area contributed by atoms with Crippen LogP contribution in [0.25, 0.3) is 0 Å². The number of carbonyl (C=O) groups excluding carboxylic acids is 1. The average molecular weight is 418 g/mol. The lowest BCUT2D eigenvalue weighted by molar-refractivity contribution is -0.128. The van der Waals surface area contributed by atoms with Gasteiger partial charge in [-0.25, -0.2) is 0 Å². The van der Waals surface area contributed by atoms with Crippen LogP contribution in [0.4, 0.5) is 0 Å². The largest absolute Gasteiger partial charge is 0.487 e. The fourth-order valence-corrected chi connectivity index (χ4v) is 3.41. The lowest BCUT2D eigenvalue weighted by Gasteiger charge is -2.38. The quantitative estimate of drug-likeness (QED) is 0.765. The van der Waals surface area contributed by atoms with Gasteiger partial charge in [-0.15, -0.1) is 0 Å². The van der Waals surface area contributed by atoms with Crippen LogP contribution in [0.15, 0.2) is 46.9 Å². The van der Waals surface area contributed by atoms with E-state index in [1.165, 1.54) is 0 Å². The third-order valence-corrected chi connectivity index (χ3v) is 4.97. The number of ether oxygens (including phenoxy) is 2. The minimum Gasteiger partial charge on any atom is -0.487 e. The van der Waals surface area contributed by atoms with E-state index < -0.39 is 6.10 Å². The molecule has 0 aromatic heterocycles. The molecule has 26 heavy (non-hydrogen) atoms. The van der Waals surface area contributed by atoms with Gasteiger partial charge in [0.25, 0.3) is 5.91 Å². The van der Waals surface area contributed by atoms with Crippen molar-refractivity contribution in [1.82, 2.24) is 5.32 Å². The summed E-state index contributed by atoms with van der Waals surface area (Å²) in [6.45, 7) is 7.88. The van der Waals surface area contributed by atoms with Gasteiger partial charge in [-0.1, -0.05) is 28.1 Å². The highest BCUT2D eigenvalue weighted by Gasteiger charge is 2.35. The van der Waals surface area contributed by atoms with Crippen LogP contribution < -0.4 is 14.8 Å². The van der Waals surface area contributed by atoms with Gasteiger partial charge in [0.05, 0.1) is 6.04 Å². The van der Waals surface area contributed by atoms with Crippen LogP contribution in [0.1, 0.15) is 44.4 Å². The molecule has 2 aromatic rings. The minimum atomic E-state index is -0.587. The molecule has 0 saturated carbocycles. The van der Waals surface area contributed by atoms with Gasteiger partial charge in [-0.3, -0.25) is 4.79 Å². The Morgan fingerprint density at radius 3 is 2.65 bits per heavy atom. The van der Waals surface area contributed by atoms with Crippen molar-refractivity contribution in [2.75, 3.05) is 0 Å². The normalized spacial score (nSPS) is 19.0. The van der Waals surface area contributed by atoms with Crippen LogP contribution in [0.3, 0.4) is 0 Å². The van der Waals surface area contributed by atoms with Crippen LogP contribution in [-0.4, -0.2) is 17.6 Å². The van der Waals surface area contributed by atoms with Crippen molar-refractivity contribution in [1.29, 1.82) is 0 Å². The van der Waals surface area contributed by atoms with E-state index in [2.05, 4.69) is 21.2 Å². The lowest BCUT2D eigenvalue weighted by Crippen LogP contribution is -2.44. The molecule has 1 aliphatic heterocycles. The van der Waals surface area contributed by atoms with E-state index in [9.17, 15) is 4.79 Å². The van der Waals surface area contributed by atoms with Crippen LogP contribution >= 0.6 is 15.9 Å². The Morgan fingerprint density at radius 2 is 1.96 bits per heavy atom. The van der Waals surface area contributed by atoms with Crippen molar-refractivity contribution in [3.05, 3.63) is 58.1 Å². The molecule has 0 spiro atoms. The van der Waals surface area contributed by atoms with Gasteiger partial charge in [-0.2, -0.15) is 0 Å². The summed E-state index contributed by atoms with van der Waals surface area (Å²) in [4.78, 5) is 12.7. The molecule has 2 unspecified atom stereocenters. The van der Waals surface area contributed by atoms with Crippen LogP contribution in [0.5, 0.6) is 11.5 Å². The number of rotatable bonds is 4. The van der Waals surface area contributed by atoms with Crippen LogP contribution in [-0.2, 0) is 4.79 Å². The van der Waals surface area contributed by atoms with Crippen molar-refractivity contribution in [3.63, 3.8) is 0 Å². The molecule has 1 aliphatic rings. The van der Waals surface area contributed by atoms with Crippen molar-refractivity contribution in [2.45, 2.75) is 51.9 Å². The van der Waals surface area contributed by atoms with E-state index in [4.69, 9.17) is 9.47 Å². The number of hydrogen-bond acceptors (Lipinski definition) is 3. The van der Waals surface area contributed by atoms with E-state index in [1.54, 1.807) is 6.92 Å². The third kappa shape index (κ3) is 4.39. The maximum Gasteiger partial charge on any atom is 0.261 e. The Hall–Kier alpha value is -2.01. The number of carbonyl (C=O) groups is 1. The molecule has 2 aromatic carbocycles. The summed E-state index contributed by atoms with van der Waals surface area (Å²) >= 11 is 3.39. The van der Waals surface area contributed by atoms with Crippen molar-refractivity contribution in [3.8, 4) is 11.5 Å². The van der Waals surface area contributed by atoms with Gasteiger partial charge in [0, 0.05) is 16.5 Å².